The van der Waals surface area contributed by atoms with E-state index in [9.17, 15) is 9.90 Å². The van der Waals surface area contributed by atoms with Gasteiger partial charge >= 0.3 is 5.97 Å². The molecule has 1 N–H and O–H groups in total. The summed E-state index contributed by atoms with van der Waals surface area (Å²) < 4.78 is 6.23. The average Bonchev–Trinajstić information content (AvgIpc) is 3.08. The lowest BCUT2D eigenvalue weighted by Gasteiger charge is -2.32. The number of hydrogen-bond donors (Lipinski definition) is 1. The minimum Gasteiger partial charge on any atom is -0.487 e. The number of aromatic carboxylic acids is 1. The number of carboxylic acids is 1. The molecule has 0 aliphatic carbocycles. The molecule has 162 valence electrons. The van der Waals surface area contributed by atoms with E-state index in [1.54, 1.807) is 12.1 Å². The van der Waals surface area contributed by atoms with E-state index in [0.29, 0.717) is 0 Å². The summed E-state index contributed by atoms with van der Waals surface area (Å²) in [6.07, 6.45) is 0.858. The Balaban J connectivity index is 1.62. The predicted molar refractivity (Wildman–Crippen MR) is 127 cm³/mol. The molecule has 0 atom stereocenters. The molecule has 3 aromatic carbocycles. The minimum atomic E-state index is -0.917. The molecule has 2 heterocycles. The van der Waals surface area contributed by atoms with Gasteiger partial charge in [-0.3, -0.25) is 4.99 Å². The van der Waals surface area contributed by atoms with Crippen molar-refractivity contribution in [3.05, 3.63) is 88.5 Å². The first-order valence-corrected chi connectivity index (χ1v) is 11.0. The number of hydrogen-bond acceptors (Lipinski definition) is 3. The van der Waals surface area contributed by atoms with E-state index >= 15 is 0 Å². The highest BCUT2D eigenvalue weighted by molar-refractivity contribution is 6.16. The van der Waals surface area contributed by atoms with Crippen LogP contribution in [-0.2, 0) is 11.8 Å². The van der Waals surface area contributed by atoms with Gasteiger partial charge in [0.25, 0.3) is 0 Å². The predicted octanol–water partition coefficient (Wildman–Crippen LogP) is 5.89. The van der Waals surface area contributed by atoms with Gasteiger partial charge in [0, 0.05) is 35.1 Å². The number of carbonyl (C=O) groups is 1. The van der Waals surface area contributed by atoms with Crippen molar-refractivity contribution in [2.75, 3.05) is 6.54 Å². The SMILES string of the molecule is CC1(C)Cc2c(ccc3c2C(c2cccc(-c4ccc(C(=O)O)cc4)c2)=NCC3(C)C)O1. The van der Waals surface area contributed by atoms with Crippen LogP contribution < -0.4 is 4.74 Å². The number of benzene rings is 3. The highest BCUT2D eigenvalue weighted by Gasteiger charge is 2.38. The second-order valence-corrected chi connectivity index (χ2v) is 10.0. The maximum absolute atomic E-state index is 11.2. The Hall–Kier alpha value is -3.40. The van der Waals surface area contributed by atoms with E-state index in [1.807, 2.05) is 18.2 Å². The topological polar surface area (TPSA) is 58.9 Å². The molecule has 0 saturated carbocycles. The number of fused-ring (bicyclic) bond motifs is 3. The molecule has 4 heteroatoms. The van der Waals surface area contributed by atoms with Gasteiger partial charge in [0.1, 0.15) is 11.4 Å². The third kappa shape index (κ3) is 3.40. The quantitative estimate of drug-likeness (QED) is 0.569. The van der Waals surface area contributed by atoms with Gasteiger partial charge < -0.3 is 9.84 Å². The van der Waals surface area contributed by atoms with Crippen molar-refractivity contribution in [2.45, 2.75) is 45.1 Å². The summed E-state index contributed by atoms with van der Waals surface area (Å²) in [6.45, 7) is 9.49. The van der Waals surface area contributed by atoms with Gasteiger partial charge in [0.2, 0.25) is 0 Å². The molecular formula is C28H27NO3. The molecule has 3 aromatic rings. The van der Waals surface area contributed by atoms with Gasteiger partial charge in [-0.15, -0.1) is 0 Å². The lowest BCUT2D eigenvalue weighted by molar-refractivity contribution is 0.0697. The van der Waals surface area contributed by atoms with Crippen molar-refractivity contribution in [2.24, 2.45) is 4.99 Å². The molecule has 0 bridgehead atoms. The summed E-state index contributed by atoms with van der Waals surface area (Å²) in [5, 5.41) is 9.18. The molecule has 5 rings (SSSR count). The number of carboxylic acid groups (broad SMARTS) is 1. The Bertz CT molecular complexity index is 1270. The molecule has 0 radical (unpaired) electrons. The van der Waals surface area contributed by atoms with E-state index in [1.165, 1.54) is 16.7 Å². The molecule has 0 aromatic heterocycles. The average molecular weight is 426 g/mol. The molecule has 0 saturated heterocycles. The fourth-order valence-electron chi connectivity index (χ4n) is 4.82. The molecule has 4 nitrogen and oxygen atoms in total. The second-order valence-electron chi connectivity index (χ2n) is 10.0. The van der Waals surface area contributed by atoms with Crippen LogP contribution in [0.15, 0.2) is 65.7 Å². The summed E-state index contributed by atoms with van der Waals surface area (Å²) in [5.41, 5.74) is 7.91. The number of aliphatic imine (C=N–C) groups is 1. The molecule has 32 heavy (non-hydrogen) atoms. The van der Waals surface area contributed by atoms with E-state index in [4.69, 9.17) is 9.73 Å². The zero-order valence-electron chi connectivity index (χ0n) is 18.9. The standard InChI is InChI=1S/C28H27NO3/c1-27(2)16-29-25(24-21-15-28(3,4)32-23(21)13-12-22(24)27)20-7-5-6-19(14-20)17-8-10-18(11-9-17)26(30)31/h5-14H,15-16H2,1-4H3,(H,30,31). The number of rotatable bonds is 3. The lowest BCUT2D eigenvalue weighted by Crippen LogP contribution is -2.31. The summed E-state index contributed by atoms with van der Waals surface area (Å²) >= 11 is 0. The van der Waals surface area contributed by atoms with Crippen LogP contribution in [0.2, 0.25) is 0 Å². The zero-order valence-corrected chi connectivity index (χ0v) is 18.9. The van der Waals surface area contributed by atoms with E-state index < -0.39 is 5.97 Å². The van der Waals surface area contributed by atoms with Crippen LogP contribution in [0, 0.1) is 0 Å². The first-order valence-electron chi connectivity index (χ1n) is 11.0. The van der Waals surface area contributed by atoms with Crippen LogP contribution in [0.5, 0.6) is 5.75 Å². The summed E-state index contributed by atoms with van der Waals surface area (Å²) in [5.74, 6) is 0.0413. The zero-order chi connectivity index (χ0) is 22.7. The monoisotopic (exact) mass is 425 g/mol. The van der Waals surface area contributed by atoms with Crippen molar-refractivity contribution in [1.29, 1.82) is 0 Å². The maximum Gasteiger partial charge on any atom is 0.335 e. The maximum atomic E-state index is 11.2. The van der Waals surface area contributed by atoms with Crippen molar-refractivity contribution < 1.29 is 14.6 Å². The van der Waals surface area contributed by atoms with Crippen LogP contribution in [0.1, 0.15) is 60.3 Å². The fourth-order valence-corrected chi connectivity index (χ4v) is 4.82. The van der Waals surface area contributed by atoms with E-state index in [0.717, 1.165) is 41.1 Å². The molecule has 2 aliphatic rings. The summed E-state index contributed by atoms with van der Waals surface area (Å²) in [7, 11) is 0. The van der Waals surface area contributed by atoms with Crippen molar-refractivity contribution in [3.63, 3.8) is 0 Å². The van der Waals surface area contributed by atoms with Gasteiger partial charge in [-0.1, -0.05) is 50.2 Å². The van der Waals surface area contributed by atoms with Gasteiger partial charge in [-0.2, -0.15) is 0 Å². The normalized spacial score (nSPS) is 17.7. The van der Waals surface area contributed by atoms with Crippen LogP contribution in [0.4, 0.5) is 0 Å². The Labute approximate surface area is 188 Å². The molecule has 0 unspecified atom stereocenters. The Morgan fingerprint density at radius 1 is 0.938 bits per heavy atom. The lowest BCUT2D eigenvalue weighted by atomic mass is 9.75. The van der Waals surface area contributed by atoms with Crippen molar-refractivity contribution >= 4 is 11.7 Å². The Kier molecular flexibility index (Phi) is 4.52. The number of ether oxygens (including phenoxy) is 1. The van der Waals surface area contributed by atoms with Crippen LogP contribution >= 0.6 is 0 Å². The summed E-state index contributed by atoms with van der Waals surface area (Å²) in [6, 6.07) is 19.7. The van der Waals surface area contributed by atoms with Crippen molar-refractivity contribution in [1.82, 2.24) is 0 Å². The molecule has 2 aliphatic heterocycles. The third-order valence-corrected chi connectivity index (χ3v) is 6.46. The molecule has 0 amide bonds. The van der Waals surface area contributed by atoms with Gasteiger partial charge in [-0.05, 0) is 54.8 Å². The van der Waals surface area contributed by atoms with Crippen LogP contribution in [0.3, 0.4) is 0 Å². The third-order valence-electron chi connectivity index (χ3n) is 6.46. The van der Waals surface area contributed by atoms with E-state index in [2.05, 4.69) is 58.0 Å². The fraction of sp³-hybridized carbons (Fsp3) is 0.286. The van der Waals surface area contributed by atoms with Crippen LogP contribution in [0.25, 0.3) is 11.1 Å². The molecular weight excluding hydrogens is 398 g/mol. The first-order chi connectivity index (χ1) is 15.1. The highest BCUT2D eigenvalue weighted by Crippen LogP contribution is 2.44. The Morgan fingerprint density at radius 3 is 2.38 bits per heavy atom. The summed E-state index contributed by atoms with van der Waals surface area (Å²) in [4.78, 5) is 16.3. The van der Waals surface area contributed by atoms with Gasteiger partial charge in [0.05, 0.1) is 11.3 Å². The number of nitrogens with zero attached hydrogens (tertiary/aromatic N) is 1. The molecule has 0 fully saturated rings. The van der Waals surface area contributed by atoms with Gasteiger partial charge in [-0.25, -0.2) is 4.79 Å². The largest absolute Gasteiger partial charge is 0.487 e. The second kappa shape index (κ2) is 7.06. The molecule has 0 spiro atoms. The van der Waals surface area contributed by atoms with Gasteiger partial charge in [0.15, 0.2) is 0 Å². The van der Waals surface area contributed by atoms with E-state index in [-0.39, 0.29) is 16.6 Å². The van der Waals surface area contributed by atoms with Crippen LogP contribution in [-0.4, -0.2) is 28.9 Å². The Morgan fingerprint density at radius 2 is 1.66 bits per heavy atom. The smallest absolute Gasteiger partial charge is 0.335 e. The minimum absolute atomic E-state index is 0.0368. The van der Waals surface area contributed by atoms with Crippen molar-refractivity contribution in [3.8, 4) is 16.9 Å². The first kappa shape index (κ1) is 20.5. The highest BCUT2D eigenvalue weighted by atomic mass is 16.5.